The fraction of sp³-hybridized carbons (Fsp3) is 0.500. The Hall–Kier alpha value is -2.74. The highest BCUT2D eigenvalue weighted by Crippen LogP contribution is 2.39. The number of fused-ring (bicyclic) bond motifs is 1. The van der Waals surface area contributed by atoms with Crippen LogP contribution in [-0.2, 0) is 26.1 Å². The third-order valence-corrected chi connectivity index (χ3v) is 6.30. The van der Waals surface area contributed by atoms with Crippen molar-refractivity contribution in [1.29, 1.82) is 0 Å². The largest absolute Gasteiger partial charge is 0.494 e. The third kappa shape index (κ3) is 5.84. The zero-order valence-corrected chi connectivity index (χ0v) is 19.2. The molecule has 0 amide bonds. The molecule has 0 bridgehead atoms. The molecule has 1 fully saturated rings. The van der Waals surface area contributed by atoms with Crippen LogP contribution < -0.4 is 9.47 Å². The quantitative estimate of drug-likeness (QED) is 0.324. The van der Waals surface area contributed by atoms with Gasteiger partial charge in [-0.05, 0) is 67.1 Å². The van der Waals surface area contributed by atoms with E-state index in [1.165, 1.54) is 0 Å². The van der Waals surface area contributed by atoms with E-state index in [4.69, 9.17) is 18.9 Å². The Morgan fingerprint density at radius 3 is 2.50 bits per heavy atom. The highest BCUT2D eigenvalue weighted by molar-refractivity contribution is 5.72. The van der Waals surface area contributed by atoms with Gasteiger partial charge in [-0.2, -0.15) is 13.2 Å². The SMILES string of the molecule is CCOC(=O)CC1(c2ccc(OC3CCc4cc(OCCCC(F)(F)F)ccc43)cc2)COC1. The van der Waals surface area contributed by atoms with E-state index in [1.807, 2.05) is 36.4 Å². The van der Waals surface area contributed by atoms with Crippen LogP contribution in [0.2, 0.25) is 0 Å². The van der Waals surface area contributed by atoms with E-state index in [1.54, 1.807) is 13.0 Å². The van der Waals surface area contributed by atoms with Gasteiger partial charge in [0.1, 0.15) is 17.6 Å². The molecule has 1 aliphatic heterocycles. The summed E-state index contributed by atoms with van der Waals surface area (Å²) >= 11 is 0. The van der Waals surface area contributed by atoms with Gasteiger partial charge < -0.3 is 18.9 Å². The van der Waals surface area contributed by atoms with E-state index < -0.39 is 12.6 Å². The molecule has 8 heteroatoms. The van der Waals surface area contributed by atoms with Gasteiger partial charge in [0.25, 0.3) is 0 Å². The lowest BCUT2D eigenvalue weighted by atomic mass is 9.76. The van der Waals surface area contributed by atoms with E-state index >= 15 is 0 Å². The number of ether oxygens (including phenoxy) is 4. The fourth-order valence-electron chi connectivity index (χ4n) is 4.49. The number of carbonyl (C=O) groups is 1. The Balaban J connectivity index is 1.34. The molecule has 1 heterocycles. The summed E-state index contributed by atoms with van der Waals surface area (Å²) in [6.45, 7) is 3.16. The summed E-state index contributed by atoms with van der Waals surface area (Å²) in [5.41, 5.74) is 2.84. The lowest BCUT2D eigenvalue weighted by Gasteiger charge is -2.41. The molecule has 5 nitrogen and oxygen atoms in total. The maximum Gasteiger partial charge on any atom is 0.389 e. The van der Waals surface area contributed by atoms with Gasteiger partial charge >= 0.3 is 12.1 Å². The average molecular weight is 479 g/mol. The van der Waals surface area contributed by atoms with Crippen molar-refractivity contribution in [2.75, 3.05) is 26.4 Å². The van der Waals surface area contributed by atoms with Gasteiger partial charge in [0.15, 0.2) is 0 Å². The molecule has 0 aromatic heterocycles. The van der Waals surface area contributed by atoms with Crippen LogP contribution in [0, 0.1) is 0 Å². The first kappa shape index (κ1) is 24.4. The number of carbonyl (C=O) groups excluding carboxylic acids is 1. The van der Waals surface area contributed by atoms with Gasteiger partial charge in [-0.25, -0.2) is 0 Å². The summed E-state index contributed by atoms with van der Waals surface area (Å²) < 4.78 is 59.1. The van der Waals surface area contributed by atoms with E-state index in [2.05, 4.69) is 0 Å². The summed E-state index contributed by atoms with van der Waals surface area (Å²) in [4.78, 5) is 12.0. The van der Waals surface area contributed by atoms with Gasteiger partial charge in [0, 0.05) is 6.42 Å². The van der Waals surface area contributed by atoms with Gasteiger partial charge in [0.2, 0.25) is 0 Å². The van der Waals surface area contributed by atoms with Crippen LogP contribution in [0.15, 0.2) is 42.5 Å². The third-order valence-electron chi connectivity index (χ3n) is 6.30. The van der Waals surface area contributed by atoms with Gasteiger partial charge in [-0.15, -0.1) is 0 Å². The molecule has 2 aliphatic rings. The first-order valence-corrected chi connectivity index (χ1v) is 11.6. The van der Waals surface area contributed by atoms with Crippen LogP contribution in [0.4, 0.5) is 13.2 Å². The van der Waals surface area contributed by atoms with E-state index in [0.29, 0.717) is 25.6 Å². The molecule has 1 unspecified atom stereocenters. The number of hydrogen-bond acceptors (Lipinski definition) is 5. The van der Waals surface area contributed by atoms with Crippen LogP contribution in [0.1, 0.15) is 55.4 Å². The second kappa shape index (κ2) is 10.3. The van der Waals surface area contributed by atoms with Crippen LogP contribution in [0.25, 0.3) is 0 Å². The van der Waals surface area contributed by atoms with Crippen molar-refractivity contribution in [2.45, 2.75) is 56.7 Å². The highest BCUT2D eigenvalue weighted by Gasteiger charge is 2.42. The number of esters is 1. The van der Waals surface area contributed by atoms with Crippen molar-refractivity contribution < 1.29 is 36.9 Å². The predicted octanol–water partition coefficient (Wildman–Crippen LogP) is 5.70. The van der Waals surface area contributed by atoms with Crippen molar-refractivity contribution >= 4 is 5.97 Å². The smallest absolute Gasteiger partial charge is 0.389 e. The topological polar surface area (TPSA) is 54.0 Å². The normalized spacial score (nSPS) is 18.6. The molecule has 34 heavy (non-hydrogen) atoms. The summed E-state index contributed by atoms with van der Waals surface area (Å²) in [6, 6.07) is 13.4. The number of halogens is 3. The van der Waals surface area contributed by atoms with Crippen molar-refractivity contribution in [3.05, 3.63) is 59.2 Å². The Bertz CT molecular complexity index is 983. The van der Waals surface area contributed by atoms with Crippen molar-refractivity contribution in [3.8, 4) is 11.5 Å². The minimum atomic E-state index is -4.16. The maximum atomic E-state index is 12.3. The molecule has 0 spiro atoms. The monoisotopic (exact) mass is 478 g/mol. The zero-order valence-electron chi connectivity index (χ0n) is 19.2. The fourth-order valence-corrected chi connectivity index (χ4v) is 4.49. The van der Waals surface area contributed by atoms with Crippen LogP contribution in [0.5, 0.6) is 11.5 Å². The molecule has 0 saturated carbocycles. The standard InChI is InChI=1S/C26H29F3O5/c1-2-32-24(30)15-25(16-31-17-25)19-5-7-20(8-6-19)34-23-11-4-18-14-21(9-10-22(18)23)33-13-3-12-26(27,28)29/h5-10,14,23H,2-4,11-13,15-17H2,1H3. The lowest BCUT2D eigenvalue weighted by molar-refractivity contribution is -0.151. The van der Waals surface area contributed by atoms with Crippen molar-refractivity contribution in [3.63, 3.8) is 0 Å². The first-order valence-electron chi connectivity index (χ1n) is 11.6. The summed E-state index contributed by atoms with van der Waals surface area (Å²) in [5.74, 6) is 1.10. The van der Waals surface area contributed by atoms with Crippen molar-refractivity contribution in [2.24, 2.45) is 0 Å². The highest BCUT2D eigenvalue weighted by atomic mass is 19.4. The molecule has 0 radical (unpaired) electrons. The Labute approximate surface area is 197 Å². The zero-order chi connectivity index (χ0) is 24.2. The second-order valence-corrected chi connectivity index (χ2v) is 8.85. The summed E-state index contributed by atoms with van der Waals surface area (Å²) in [5, 5.41) is 0. The predicted molar refractivity (Wildman–Crippen MR) is 119 cm³/mol. The average Bonchev–Trinajstić information content (AvgIpc) is 3.16. The minimum absolute atomic E-state index is 0.0350. The molecule has 2 aromatic rings. The first-order chi connectivity index (χ1) is 16.3. The number of aryl methyl sites for hydroxylation is 1. The Morgan fingerprint density at radius 1 is 1.12 bits per heavy atom. The Kier molecular flexibility index (Phi) is 7.36. The summed E-state index contributed by atoms with van der Waals surface area (Å²) in [7, 11) is 0. The molecule has 1 saturated heterocycles. The van der Waals surface area contributed by atoms with Crippen LogP contribution in [-0.4, -0.2) is 38.6 Å². The molecular formula is C26H29F3O5. The van der Waals surface area contributed by atoms with E-state index in [0.717, 1.165) is 35.3 Å². The minimum Gasteiger partial charge on any atom is -0.494 e. The van der Waals surface area contributed by atoms with Gasteiger partial charge in [-0.1, -0.05) is 18.2 Å². The number of benzene rings is 2. The van der Waals surface area contributed by atoms with Crippen LogP contribution >= 0.6 is 0 Å². The molecule has 4 rings (SSSR count). The van der Waals surface area contributed by atoms with Crippen molar-refractivity contribution in [1.82, 2.24) is 0 Å². The summed E-state index contributed by atoms with van der Waals surface area (Å²) in [6.07, 6.45) is -3.23. The number of hydrogen-bond donors (Lipinski definition) is 0. The number of alkyl halides is 3. The molecule has 1 aliphatic carbocycles. The van der Waals surface area contributed by atoms with Crippen LogP contribution in [0.3, 0.4) is 0 Å². The van der Waals surface area contributed by atoms with E-state index in [9.17, 15) is 18.0 Å². The number of rotatable bonds is 10. The lowest BCUT2D eigenvalue weighted by Crippen LogP contribution is -2.48. The second-order valence-electron chi connectivity index (χ2n) is 8.85. The molecule has 1 atom stereocenters. The molecule has 2 aromatic carbocycles. The van der Waals surface area contributed by atoms with Gasteiger partial charge in [0.05, 0.1) is 38.3 Å². The molecule has 184 valence electrons. The molecule has 0 N–H and O–H groups in total. The van der Waals surface area contributed by atoms with E-state index in [-0.39, 0.29) is 36.9 Å². The molecular weight excluding hydrogens is 449 g/mol. The Morgan fingerprint density at radius 2 is 1.85 bits per heavy atom. The maximum absolute atomic E-state index is 12.3. The van der Waals surface area contributed by atoms with Gasteiger partial charge in [-0.3, -0.25) is 4.79 Å².